The van der Waals surface area contributed by atoms with E-state index in [0.717, 1.165) is 11.5 Å². The Morgan fingerprint density at radius 2 is 2.11 bits per heavy atom. The Hall–Kier alpha value is -2.10. The standard InChI is InChI=1S/C14H14FNO2/c1-10-3-5-12(18-10)8-16(2)14-6-4-11(9-17)7-13(14)15/h3-7,9H,8H2,1-2H3. The van der Waals surface area contributed by atoms with Crippen LogP contribution in [-0.2, 0) is 6.54 Å². The van der Waals surface area contributed by atoms with Crippen LogP contribution in [0.2, 0.25) is 0 Å². The Morgan fingerprint density at radius 3 is 2.67 bits per heavy atom. The summed E-state index contributed by atoms with van der Waals surface area (Å²) >= 11 is 0. The lowest BCUT2D eigenvalue weighted by Crippen LogP contribution is -2.17. The first-order valence-corrected chi connectivity index (χ1v) is 5.61. The minimum atomic E-state index is -0.412. The molecule has 0 spiro atoms. The van der Waals surface area contributed by atoms with Gasteiger partial charge in [0.15, 0.2) is 0 Å². The van der Waals surface area contributed by atoms with Crippen LogP contribution in [0.5, 0.6) is 0 Å². The summed E-state index contributed by atoms with van der Waals surface area (Å²) in [6.45, 7) is 2.34. The zero-order valence-corrected chi connectivity index (χ0v) is 10.3. The van der Waals surface area contributed by atoms with E-state index in [2.05, 4.69) is 0 Å². The Kier molecular flexibility index (Phi) is 3.46. The number of anilines is 1. The Labute approximate surface area is 105 Å². The second-order valence-corrected chi connectivity index (χ2v) is 4.20. The molecule has 0 radical (unpaired) electrons. The molecule has 18 heavy (non-hydrogen) atoms. The monoisotopic (exact) mass is 247 g/mol. The zero-order chi connectivity index (χ0) is 13.1. The molecule has 94 valence electrons. The number of hydrogen-bond acceptors (Lipinski definition) is 3. The van der Waals surface area contributed by atoms with Crippen LogP contribution in [0.3, 0.4) is 0 Å². The summed E-state index contributed by atoms with van der Waals surface area (Å²) in [6.07, 6.45) is 0.628. The molecule has 1 heterocycles. The average Bonchev–Trinajstić information content (AvgIpc) is 2.74. The van der Waals surface area contributed by atoms with Gasteiger partial charge in [-0.2, -0.15) is 0 Å². The predicted molar refractivity (Wildman–Crippen MR) is 67.3 cm³/mol. The second-order valence-electron chi connectivity index (χ2n) is 4.20. The van der Waals surface area contributed by atoms with Gasteiger partial charge in [0.05, 0.1) is 12.2 Å². The minimum absolute atomic E-state index is 0.332. The van der Waals surface area contributed by atoms with Crippen LogP contribution in [0.25, 0.3) is 0 Å². The van der Waals surface area contributed by atoms with Crippen molar-refractivity contribution in [3.63, 3.8) is 0 Å². The van der Waals surface area contributed by atoms with Crippen molar-refractivity contribution in [3.05, 3.63) is 53.2 Å². The number of aryl methyl sites for hydroxylation is 1. The van der Waals surface area contributed by atoms with Crippen molar-refractivity contribution in [2.24, 2.45) is 0 Å². The second kappa shape index (κ2) is 5.04. The number of rotatable bonds is 4. The number of carbonyl (C=O) groups excluding carboxylic acids is 1. The van der Waals surface area contributed by atoms with Crippen molar-refractivity contribution in [1.82, 2.24) is 0 Å². The van der Waals surface area contributed by atoms with E-state index in [1.165, 1.54) is 6.07 Å². The largest absolute Gasteiger partial charge is 0.464 e. The molecule has 0 bridgehead atoms. The highest BCUT2D eigenvalue weighted by atomic mass is 19.1. The van der Waals surface area contributed by atoms with E-state index in [0.29, 0.717) is 24.1 Å². The van der Waals surface area contributed by atoms with Gasteiger partial charge in [0, 0.05) is 12.6 Å². The van der Waals surface area contributed by atoms with Crippen molar-refractivity contribution < 1.29 is 13.6 Å². The molecule has 3 nitrogen and oxygen atoms in total. The molecule has 1 aromatic carbocycles. The molecule has 1 aromatic heterocycles. The van der Waals surface area contributed by atoms with Gasteiger partial charge in [-0.3, -0.25) is 4.79 Å². The lowest BCUT2D eigenvalue weighted by molar-refractivity contribution is 0.112. The summed E-state index contributed by atoms with van der Waals surface area (Å²) < 4.78 is 19.2. The summed E-state index contributed by atoms with van der Waals surface area (Å²) in [6, 6.07) is 8.15. The van der Waals surface area contributed by atoms with Crippen LogP contribution in [0.4, 0.5) is 10.1 Å². The van der Waals surface area contributed by atoms with Gasteiger partial charge in [-0.15, -0.1) is 0 Å². The predicted octanol–water partition coefficient (Wildman–Crippen LogP) is 3.18. The lowest BCUT2D eigenvalue weighted by Gasteiger charge is -2.18. The minimum Gasteiger partial charge on any atom is -0.464 e. The molecular weight excluding hydrogens is 233 g/mol. The molecule has 0 fully saturated rings. The molecule has 0 aliphatic carbocycles. The molecule has 0 saturated carbocycles. The van der Waals surface area contributed by atoms with E-state index >= 15 is 0 Å². The number of carbonyl (C=O) groups is 1. The molecule has 0 amide bonds. The van der Waals surface area contributed by atoms with Gasteiger partial charge in [-0.25, -0.2) is 4.39 Å². The van der Waals surface area contributed by atoms with Crippen LogP contribution in [0.15, 0.2) is 34.7 Å². The molecular formula is C14H14FNO2. The Bertz CT molecular complexity index is 563. The quantitative estimate of drug-likeness (QED) is 0.778. The van der Waals surface area contributed by atoms with Crippen molar-refractivity contribution in [2.75, 3.05) is 11.9 Å². The summed E-state index contributed by atoms with van der Waals surface area (Å²) in [4.78, 5) is 12.3. The molecule has 0 aliphatic rings. The number of nitrogens with zero attached hydrogens (tertiary/aromatic N) is 1. The fourth-order valence-electron chi connectivity index (χ4n) is 1.80. The van der Waals surface area contributed by atoms with Gasteiger partial charge in [0.25, 0.3) is 0 Å². The molecule has 0 atom stereocenters. The summed E-state index contributed by atoms with van der Waals surface area (Å²) in [5, 5.41) is 0. The Morgan fingerprint density at radius 1 is 1.33 bits per heavy atom. The smallest absolute Gasteiger partial charge is 0.150 e. The number of benzene rings is 1. The first-order valence-electron chi connectivity index (χ1n) is 5.61. The maximum Gasteiger partial charge on any atom is 0.150 e. The molecule has 4 heteroatoms. The SMILES string of the molecule is Cc1ccc(CN(C)c2ccc(C=O)cc2F)o1. The van der Waals surface area contributed by atoms with Gasteiger partial charge in [0.2, 0.25) is 0 Å². The molecule has 0 saturated heterocycles. The van der Waals surface area contributed by atoms with E-state index in [1.807, 2.05) is 19.1 Å². The third-order valence-electron chi connectivity index (χ3n) is 2.71. The number of furan rings is 1. The highest BCUT2D eigenvalue weighted by Crippen LogP contribution is 2.21. The third-order valence-corrected chi connectivity index (χ3v) is 2.71. The van der Waals surface area contributed by atoms with E-state index in [-0.39, 0.29) is 0 Å². The van der Waals surface area contributed by atoms with Crippen LogP contribution in [0.1, 0.15) is 21.9 Å². The van der Waals surface area contributed by atoms with Crippen molar-refractivity contribution in [3.8, 4) is 0 Å². The number of hydrogen-bond donors (Lipinski definition) is 0. The third kappa shape index (κ3) is 2.59. The summed E-state index contributed by atoms with van der Waals surface area (Å²) in [5.74, 6) is 1.19. The molecule has 0 N–H and O–H groups in total. The summed E-state index contributed by atoms with van der Waals surface area (Å²) in [7, 11) is 1.77. The fraction of sp³-hybridized carbons (Fsp3) is 0.214. The van der Waals surface area contributed by atoms with Crippen molar-refractivity contribution in [2.45, 2.75) is 13.5 Å². The van der Waals surface area contributed by atoms with Gasteiger partial charge in [-0.05, 0) is 37.3 Å². The topological polar surface area (TPSA) is 33.5 Å². The lowest BCUT2D eigenvalue weighted by atomic mass is 10.2. The van der Waals surface area contributed by atoms with Crippen molar-refractivity contribution in [1.29, 1.82) is 0 Å². The van der Waals surface area contributed by atoms with E-state index < -0.39 is 5.82 Å². The number of aldehydes is 1. The average molecular weight is 247 g/mol. The first kappa shape index (κ1) is 12.4. The van der Waals surface area contributed by atoms with Crippen LogP contribution < -0.4 is 4.90 Å². The van der Waals surface area contributed by atoms with Gasteiger partial charge in [-0.1, -0.05) is 0 Å². The fourth-order valence-corrected chi connectivity index (χ4v) is 1.80. The van der Waals surface area contributed by atoms with Crippen LogP contribution in [0, 0.1) is 12.7 Å². The first-order chi connectivity index (χ1) is 8.60. The molecule has 0 unspecified atom stereocenters. The maximum atomic E-state index is 13.8. The highest BCUT2D eigenvalue weighted by Gasteiger charge is 2.10. The Balaban J connectivity index is 2.18. The normalized spacial score (nSPS) is 10.4. The zero-order valence-electron chi connectivity index (χ0n) is 10.3. The van der Waals surface area contributed by atoms with Gasteiger partial charge < -0.3 is 9.32 Å². The number of halogens is 1. The maximum absolute atomic E-state index is 13.8. The molecule has 2 aromatic rings. The van der Waals surface area contributed by atoms with E-state index in [9.17, 15) is 9.18 Å². The molecule has 0 aliphatic heterocycles. The molecule has 2 rings (SSSR count). The van der Waals surface area contributed by atoms with E-state index in [4.69, 9.17) is 4.42 Å². The van der Waals surface area contributed by atoms with E-state index in [1.54, 1.807) is 24.1 Å². The highest BCUT2D eigenvalue weighted by molar-refractivity contribution is 5.75. The van der Waals surface area contributed by atoms with Crippen LogP contribution in [-0.4, -0.2) is 13.3 Å². The van der Waals surface area contributed by atoms with Crippen LogP contribution >= 0.6 is 0 Å². The van der Waals surface area contributed by atoms with Gasteiger partial charge >= 0.3 is 0 Å². The summed E-state index contributed by atoms with van der Waals surface area (Å²) in [5.41, 5.74) is 0.771. The van der Waals surface area contributed by atoms with Crippen molar-refractivity contribution >= 4 is 12.0 Å². The van der Waals surface area contributed by atoms with Gasteiger partial charge in [0.1, 0.15) is 23.6 Å².